The van der Waals surface area contributed by atoms with E-state index in [1.54, 1.807) is 11.8 Å². The summed E-state index contributed by atoms with van der Waals surface area (Å²) in [4.78, 5) is 1.18. The Kier molecular flexibility index (Phi) is 5.01. The van der Waals surface area contributed by atoms with Crippen molar-refractivity contribution in [2.45, 2.75) is 30.9 Å². The van der Waals surface area contributed by atoms with E-state index in [0.717, 1.165) is 17.7 Å². The molecule has 2 nitrogen and oxygen atoms in total. The highest BCUT2D eigenvalue weighted by atomic mass is 32.2. The molecule has 14 heavy (non-hydrogen) atoms. The van der Waals surface area contributed by atoms with Crippen LogP contribution in [0.5, 0.6) is 0 Å². The summed E-state index contributed by atoms with van der Waals surface area (Å²) in [7, 11) is 0. The molecule has 0 amide bonds. The Bertz CT molecular complexity index is 278. The van der Waals surface area contributed by atoms with Crippen LogP contribution in [0, 0.1) is 0 Å². The van der Waals surface area contributed by atoms with Gasteiger partial charge in [0.1, 0.15) is 0 Å². The normalized spacial score (nSPS) is 12.8. The van der Waals surface area contributed by atoms with Gasteiger partial charge >= 0.3 is 0 Å². The van der Waals surface area contributed by atoms with Gasteiger partial charge in [0.05, 0.1) is 6.10 Å². The van der Waals surface area contributed by atoms with Gasteiger partial charge < -0.3 is 10.8 Å². The zero-order chi connectivity index (χ0) is 10.4. The molecule has 0 aliphatic carbocycles. The van der Waals surface area contributed by atoms with E-state index in [2.05, 4.69) is 6.07 Å². The van der Waals surface area contributed by atoms with Crippen molar-refractivity contribution in [3.05, 3.63) is 29.8 Å². The quantitative estimate of drug-likeness (QED) is 0.732. The van der Waals surface area contributed by atoms with E-state index < -0.39 is 0 Å². The molecule has 1 aromatic rings. The van der Waals surface area contributed by atoms with E-state index >= 15 is 0 Å². The molecular weight excluding hydrogens is 194 g/mol. The van der Waals surface area contributed by atoms with Gasteiger partial charge in [0.2, 0.25) is 0 Å². The van der Waals surface area contributed by atoms with Crippen LogP contribution < -0.4 is 5.73 Å². The van der Waals surface area contributed by atoms with Gasteiger partial charge in [-0.25, -0.2) is 0 Å². The lowest BCUT2D eigenvalue weighted by molar-refractivity contribution is 0.195. The smallest absolute Gasteiger partial charge is 0.0631 e. The lowest BCUT2D eigenvalue weighted by Gasteiger charge is -2.07. The Morgan fingerprint density at radius 2 is 2.29 bits per heavy atom. The van der Waals surface area contributed by atoms with Crippen molar-refractivity contribution in [3.8, 4) is 0 Å². The Morgan fingerprint density at radius 3 is 2.93 bits per heavy atom. The third-order valence-corrected chi connectivity index (χ3v) is 3.19. The maximum absolute atomic E-state index is 9.40. The molecule has 0 aromatic heterocycles. The summed E-state index contributed by atoms with van der Waals surface area (Å²) in [5.74, 6) is 0.754. The molecule has 3 heteroatoms. The van der Waals surface area contributed by atoms with Crippen LogP contribution in [0.2, 0.25) is 0 Å². The minimum Gasteiger partial charge on any atom is -0.392 e. The van der Waals surface area contributed by atoms with E-state index in [1.807, 2.05) is 25.1 Å². The minimum absolute atomic E-state index is 0.207. The van der Waals surface area contributed by atoms with E-state index in [-0.39, 0.29) is 6.10 Å². The van der Waals surface area contributed by atoms with E-state index in [1.165, 1.54) is 4.90 Å². The monoisotopic (exact) mass is 211 g/mol. The van der Waals surface area contributed by atoms with Crippen LogP contribution in [0.25, 0.3) is 0 Å². The van der Waals surface area contributed by atoms with Crippen molar-refractivity contribution in [1.29, 1.82) is 0 Å². The number of aliphatic hydroxyl groups excluding tert-OH is 1. The maximum atomic E-state index is 9.40. The Labute approximate surface area is 89.5 Å². The summed E-state index contributed by atoms with van der Waals surface area (Å²) < 4.78 is 0. The van der Waals surface area contributed by atoms with Crippen molar-refractivity contribution >= 4 is 11.8 Å². The molecule has 1 aromatic carbocycles. The number of hydrogen-bond acceptors (Lipinski definition) is 3. The zero-order valence-corrected chi connectivity index (χ0v) is 9.26. The van der Waals surface area contributed by atoms with Crippen molar-refractivity contribution in [1.82, 2.24) is 0 Å². The van der Waals surface area contributed by atoms with Gasteiger partial charge in [-0.3, -0.25) is 0 Å². The maximum Gasteiger partial charge on any atom is 0.0631 e. The van der Waals surface area contributed by atoms with Gasteiger partial charge in [0.15, 0.2) is 0 Å². The second kappa shape index (κ2) is 6.06. The van der Waals surface area contributed by atoms with Gasteiger partial charge in [-0.15, -0.1) is 11.8 Å². The summed E-state index contributed by atoms with van der Waals surface area (Å²) >= 11 is 1.68. The number of aliphatic hydroxyl groups is 1. The highest BCUT2D eigenvalue weighted by Gasteiger charge is 2.02. The molecule has 0 fully saturated rings. The first-order valence-electron chi connectivity index (χ1n) is 4.86. The van der Waals surface area contributed by atoms with E-state index in [0.29, 0.717) is 6.54 Å². The Hall–Kier alpha value is -0.510. The molecular formula is C11H17NOS. The van der Waals surface area contributed by atoms with Crippen LogP contribution in [0.3, 0.4) is 0 Å². The van der Waals surface area contributed by atoms with Crippen molar-refractivity contribution in [2.24, 2.45) is 5.73 Å². The molecule has 0 bridgehead atoms. The van der Waals surface area contributed by atoms with E-state index in [9.17, 15) is 5.11 Å². The molecule has 78 valence electrons. The Morgan fingerprint density at radius 1 is 1.50 bits per heavy atom. The summed E-state index contributed by atoms with van der Waals surface area (Å²) in [6.45, 7) is 2.56. The van der Waals surface area contributed by atoms with Crippen LogP contribution in [0.15, 0.2) is 29.2 Å². The summed E-state index contributed by atoms with van der Waals surface area (Å²) in [6, 6.07) is 8.14. The van der Waals surface area contributed by atoms with E-state index in [4.69, 9.17) is 5.73 Å². The summed E-state index contributed by atoms with van der Waals surface area (Å²) in [6.07, 6.45) is 0.602. The van der Waals surface area contributed by atoms with Gasteiger partial charge in [0, 0.05) is 17.2 Å². The minimum atomic E-state index is -0.207. The molecule has 0 radical (unpaired) electrons. The summed E-state index contributed by atoms with van der Waals surface area (Å²) in [5.41, 5.74) is 6.68. The lowest BCUT2D eigenvalue weighted by Crippen LogP contribution is -2.07. The number of rotatable bonds is 5. The SMILES string of the molecule is CCC(O)CSc1cccc(CN)c1. The molecule has 1 rings (SSSR count). The fourth-order valence-electron chi connectivity index (χ4n) is 1.07. The summed E-state index contributed by atoms with van der Waals surface area (Å²) in [5, 5.41) is 9.40. The highest BCUT2D eigenvalue weighted by molar-refractivity contribution is 7.99. The van der Waals surface area contributed by atoms with Gasteiger partial charge in [-0.1, -0.05) is 19.1 Å². The van der Waals surface area contributed by atoms with Crippen LogP contribution >= 0.6 is 11.8 Å². The molecule has 0 aliphatic rings. The molecule has 1 atom stereocenters. The predicted molar refractivity (Wildman–Crippen MR) is 61.4 cm³/mol. The fraction of sp³-hybridized carbons (Fsp3) is 0.455. The first kappa shape index (κ1) is 11.6. The first-order valence-corrected chi connectivity index (χ1v) is 5.84. The van der Waals surface area contributed by atoms with Gasteiger partial charge in [-0.2, -0.15) is 0 Å². The van der Waals surface area contributed by atoms with Crippen molar-refractivity contribution in [2.75, 3.05) is 5.75 Å². The fourth-order valence-corrected chi connectivity index (χ4v) is 2.10. The number of nitrogens with two attached hydrogens (primary N) is 1. The Balaban J connectivity index is 2.50. The molecule has 0 spiro atoms. The standard InChI is InChI=1S/C11H17NOS/c1-2-10(13)8-14-11-5-3-4-9(6-11)7-12/h3-6,10,13H,2,7-8,12H2,1H3. The molecule has 3 N–H and O–H groups in total. The molecule has 0 saturated carbocycles. The second-order valence-electron chi connectivity index (χ2n) is 3.22. The number of benzene rings is 1. The molecule has 0 heterocycles. The average molecular weight is 211 g/mol. The van der Waals surface area contributed by atoms with Crippen LogP contribution in [-0.4, -0.2) is 17.0 Å². The lowest BCUT2D eigenvalue weighted by atomic mass is 10.2. The second-order valence-corrected chi connectivity index (χ2v) is 4.32. The van der Waals surface area contributed by atoms with Crippen LogP contribution in [0.4, 0.5) is 0 Å². The largest absolute Gasteiger partial charge is 0.392 e. The van der Waals surface area contributed by atoms with Gasteiger partial charge in [-0.05, 0) is 24.1 Å². The third kappa shape index (κ3) is 3.70. The highest BCUT2D eigenvalue weighted by Crippen LogP contribution is 2.20. The van der Waals surface area contributed by atoms with Gasteiger partial charge in [0.25, 0.3) is 0 Å². The van der Waals surface area contributed by atoms with Crippen LogP contribution in [0.1, 0.15) is 18.9 Å². The van der Waals surface area contributed by atoms with Crippen LogP contribution in [-0.2, 0) is 6.54 Å². The van der Waals surface area contributed by atoms with Crippen molar-refractivity contribution in [3.63, 3.8) is 0 Å². The third-order valence-electron chi connectivity index (χ3n) is 2.05. The average Bonchev–Trinajstić information content (AvgIpc) is 2.26. The van der Waals surface area contributed by atoms with Crippen molar-refractivity contribution < 1.29 is 5.11 Å². The number of thioether (sulfide) groups is 1. The number of hydrogen-bond donors (Lipinski definition) is 2. The zero-order valence-electron chi connectivity index (χ0n) is 8.44. The predicted octanol–water partition coefficient (Wildman–Crippen LogP) is 2.01. The topological polar surface area (TPSA) is 46.2 Å². The molecule has 0 aliphatic heterocycles. The first-order chi connectivity index (χ1) is 6.76. The molecule has 1 unspecified atom stereocenters. The molecule has 0 saturated heterocycles.